The first kappa shape index (κ1) is 20.6. The molecule has 152 valence electrons. The lowest BCUT2D eigenvalue weighted by molar-refractivity contribution is 0.239. The third-order valence-corrected chi connectivity index (χ3v) is 10.6. The van der Waals surface area contributed by atoms with Crippen LogP contribution in [0.15, 0.2) is 69.9 Å². The Labute approximate surface area is 175 Å². The van der Waals surface area contributed by atoms with Crippen molar-refractivity contribution in [1.82, 2.24) is 0 Å². The van der Waals surface area contributed by atoms with Gasteiger partial charge in [-0.25, -0.2) is 0 Å². The van der Waals surface area contributed by atoms with Crippen LogP contribution in [0.25, 0.3) is 0 Å². The first-order valence-corrected chi connectivity index (χ1v) is 13.2. The average Bonchev–Trinajstić information content (AvgIpc) is 3.43. The van der Waals surface area contributed by atoms with Gasteiger partial charge in [-0.1, -0.05) is 43.9 Å². The number of furan rings is 2. The Morgan fingerprint density at radius 3 is 2.21 bits per heavy atom. The summed E-state index contributed by atoms with van der Waals surface area (Å²) < 4.78 is 25.6. The zero-order valence-electron chi connectivity index (χ0n) is 17.3. The van der Waals surface area contributed by atoms with E-state index in [2.05, 4.69) is 32.9 Å². The summed E-state index contributed by atoms with van der Waals surface area (Å²) in [4.78, 5) is 0. The van der Waals surface area contributed by atoms with Gasteiger partial charge in [0.05, 0.1) is 20.4 Å². The van der Waals surface area contributed by atoms with Crippen LogP contribution >= 0.6 is 15.7 Å². The highest BCUT2D eigenvalue weighted by molar-refractivity contribution is 7.80. The smallest absolute Gasteiger partial charge is 0.381 e. The van der Waals surface area contributed by atoms with Crippen LogP contribution in [0.2, 0.25) is 0 Å². The molecule has 0 N–H and O–H groups in total. The van der Waals surface area contributed by atoms with Gasteiger partial charge in [0.25, 0.3) is 0 Å². The molecule has 0 saturated heterocycles. The van der Waals surface area contributed by atoms with Crippen LogP contribution in [0.1, 0.15) is 40.0 Å². The Kier molecular flexibility index (Phi) is 6.38. The van der Waals surface area contributed by atoms with Gasteiger partial charge in [0.15, 0.2) is 11.0 Å². The first-order valence-electron chi connectivity index (χ1n) is 10.5. The first-order chi connectivity index (χ1) is 14.1. The fourth-order valence-electron chi connectivity index (χ4n) is 4.58. The molecule has 2 aromatic heterocycles. The molecule has 5 heteroatoms. The second-order valence-electron chi connectivity index (χ2n) is 8.45. The van der Waals surface area contributed by atoms with Crippen molar-refractivity contribution in [3.8, 4) is 0 Å². The second kappa shape index (κ2) is 8.99. The summed E-state index contributed by atoms with van der Waals surface area (Å²) >= 11 is 0. The fraction of sp³-hybridized carbons (Fsp3) is 0.417. The molecule has 0 bridgehead atoms. The largest absolute Gasteiger partial charge is 0.464 e. The Hall–Kier alpha value is -1.69. The Morgan fingerprint density at radius 2 is 1.62 bits per heavy atom. The van der Waals surface area contributed by atoms with E-state index in [4.69, 9.17) is 8.83 Å². The molecular formula is C24H29O3P2+. The van der Waals surface area contributed by atoms with Gasteiger partial charge < -0.3 is 8.83 Å². The molecule has 2 heterocycles. The maximum atomic E-state index is 14.0. The van der Waals surface area contributed by atoms with Gasteiger partial charge in [-0.2, -0.15) is 0 Å². The van der Waals surface area contributed by atoms with E-state index in [1.165, 1.54) is 12.8 Å². The van der Waals surface area contributed by atoms with Gasteiger partial charge in [0.1, 0.15) is 11.0 Å². The molecule has 1 unspecified atom stereocenters. The monoisotopic (exact) mass is 427 g/mol. The lowest BCUT2D eigenvalue weighted by Crippen LogP contribution is -2.35. The summed E-state index contributed by atoms with van der Waals surface area (Å²) in [5, 5.41) is 2.07. The summed E-state index contributed by atoms with van der Waals surface area (Å²) in [6.45, 7) is 6.86. The minimum Gasteiger partial charge on any atom is -0.464 e. The van der Waals surface area contributed by atoms with Crippen LogP contribution in [-0.4, -0.2) is 5.66 Å². The van der Waals surface area contributed by atoms with Crippen molar-refractivity contribution >= 4 is 37.3 Å². The Balaban J connectivity index is 1.77. The molecule has 1 saturated carbocycles. The van der Waals surface area contributed by atoms with Crippen molar-refractivity contribution in [1.29, 1.82) is 0 Å². The van der Waals surface area contributed by atoms with Crippen LogP contribution < -0.4 is 21.6 Å². The van der Waals surface area contributed by atoms with Crippen molar-refractivity contribution in [3.05, 3.63) is 61.1 Å². The molecule has 1 aliphatic rings. The zero-order valence-corrected chi connectivity index (χ0v) is 19.1. The number of hydrogen-bond donors (Lipinski definition) is 0. The van der Waals surface area contributed by atoms with Crippen molar-refractivity contribution in [2.24, 2.45) is 17.8 Å². The SMILES string of the molecule is CC(C)[C@@H]1CC[C@@H](C)C[C@H]1[P+](=O)c1ccccc1P(c1ccco1)c1ccco1. The molecule has 29 heavy (non-hydrogen) atoms. The maximum Gasteiger partial charge on any atom is 0.381 e. The van der Waals surface area contributed by atoms with E-state index in [0.717, 1.165) is 28.0 Å². The lowest BCUT2D eigenvalue weighted by Gasteiger charge is -2.31. The average molecular weight is 427 g/mol. The summed E-state index contributed by atoms with van der Waals surface area (Å²) in [5.41, 5.74) is 1.99. The van der Waals surface area contributed by atoms with Gasteiger partial charge in [0, 0.05) is 11.2 Å². The van der Waals surface area contributed by atoms with E-state index in [9.17, 15) is 4.57 Å². The number of benzene rings is 1. The van der Waals surface area contributed by atoms with E-state index < -0.39 is 15.7 Å². The topological polar surface area (TPSA) is 43.4 Å². The predicted octanol–water partition coefficient (Wildman–Crippen LogP) is 5.54. The van der Waals surface area contributed by atoms with Crippen molar-refractivity contribution in [3.63, 3.8) is 0 Å². The molecule has 4 atom stereocenters. The molecule has 0 radical (unpaired) electrons. The van der Waals surface area contributed by atoms with Crippen LogP contribution in [0.3, 0.4) is 0 Å². The zero-order chi connectivity index (χ0) is 20.4. The highest BCUT2D eigenvalue weighted by Gasteiger charge is 2.46. The molecule has 4 rings (SSSR count). The molecule has 0 amide bonds. The van der Waals surface area contributed by atoms with E-state index in [0.29, 0.717) is 17.8 Å². The Bertz CT molecular complexity index is 897. The second-order valence-corrected chi connectivity index (χ2v) is 12.3. The Morgan fingerprint density at radius 1 is 0.966 bits per heavy atom. The van der Waals surface area contributed by atoms with Gasteiger partial charge in [0.2, 0.25) is 0 Å². The molecule has 1 fully saturated rings. The molecule has 0 spiro atoms. The molecular weight excluding hydrogens is 398 g/mol. The molecule has 3 aromatic rings. The van der Waals surface area contributed by atoms with Crippen molar-refractivity contribution in [2.45, 2.75) is 45.7 Å². The van der Waals surface area contributed by atoms with E-state index in [1.54, 1.807) is 12.5 Å². The van der Waals surface area contributed by atoms with Crippen LogP contribution in [0.4, 0.5) is 0 Å². The normalized spacial score (nSPS) is 22.9. The molecule has 3 nitrogen and oxygen atoms in total. The fourth-order valence-corrected chi connectivity index (χ4v) is 9.49. The minimum absolute atomic E-state index is 0.236. The summed E-state index contributed by atoms with van der Waals surface area (Å²) in [5.74, 6) is 1.70. The summed E-state index contributed by atoms with van der Waals surface area (Å²) in [6.07, 6.45) is 6.88. The molecule has 1 aromatic carbocycles. The van der Waals surface area contributed by atoms with Crippen molar-refractivity contribution in [2.75, 3.05) is 0 Å². The summed E-state index contributed by atoms with van der Waals surface area (Å²) in [6, 6.07) is 16.0. The number of rotatable bonds is 6. The van der Waals surface area contributed by atoms with E-state index >= 15 is 0 Å². The van der Waals surface area contributed by atoms with Crippen LogP contribution in [-0.2, 0) is 4.57 Å². The quantitative estimate of drug-likeness (QED) is 0.485. The van der Waals surface area contributed by atoms with Crippen molar-refractivity contribution < 1.29 is 13.4 Å². The molecule has 0 aliphatic heterocycles. The lowest BCUT2D eigenvalue weighted by atomic mass is 9.77. The van der Waals surface area contributed by atoms with Crippen LogP contribution in [0, 0.1) is 17.8 Å². The standard InChI is InChI=1S/C24H29O3P2/c1-17(2)19-13-12-18(3)16-22(19)29(25)21-9-5-4-8-20(21)28(23-10-6-14-26-23)24-11-7-15-27-24/h4-11,14-15,17-19,22H,12-13,16H2,1-3H3/q+1/t18-,19+,22-/m1/s1. The highest BCUT2D eigenvalue weighted by Crippen LogP contribution is 2.47. The van der Waals surface area contributed by atoms with Gasteiger partial charge in [-0.05, 0) is 61.1 Å². The van der Waals surface area contributed by atoms with E-state index in [1.807, 2.05) is 36.4 Å². The maximum absolute atomic E-state index is 14.0. The third-order valence-electron chi connectivity index (χ3n) is 6.10. The third kappa shape index (κ3) is 4.27. The molecule has 1 aliphatic carbocycles. The predicted molar refractivity (Wildman–Crippen MR) is 122 cm³/mol. The van der Waals surface area contributed by atoms with Gasteiger partial charge in [-0.3, -0.25) is 0 Å². The highest BCUT2D eigenvalue weighted by atomic mass is 31.1. The van der Waals surface area contributed by atoms with Gasteiger partial charge in [-0.15, -0.1) is 0 Å². The summed E-state index contributed by atoms with van der Waals surface area (Å²) in [7, 11) is -2.52. The number of hydrogen-bond acceptors (Lipinski definition) is 3. The van der Waals surface area contributed by atoms with Crippen LogP contribution in [0.5, 0.6) is 0 Å². The minimum atomic E-state index is -1.51. The van der Waals surface area contributed by atoms with E-state index in [-0.39, 0.29) is 5.66 Å². The van der Waals surface area contributed by atoms with Gasteiger partial charge >= 0.3 is 7.80 Å².